The number of fused-ring (bicyclic) bond motifs is 3. The highest BCUT2D eigenvalue weighted by Crippen LogP contribution is 2.34. The quantitative estimate of drug-likeness (QED) is 0.609. The summed E-state index contributed by atoms with van der Waals surface area (Å²) >= 11 is 3.56. The molecule has 0 fully saturated rings. The van der Waals surface area contributed by atoms with Crippen LogP contribution in [0.2, 0.25) is 0 Å². The number of imidazole rings is 1. The largest absolute Gasteiger partial charge is 0.481 e. The molecule has 29 heavy (non-hydrogen) atoms. The van der Waals surface area contributed by atoms with E-state index in [1.807, 2.05) is 41.0 Å². The minimum absolute atomic E-state index is 0.00379. The maximum atomic E-state index is 11.2. The Hall–Kier alpha value is -2.84. The van der Waals surface area contributed by atoms with Crippen molar-refractivity contribution >= 4 is 27.6 Å². The maximum absolute atomic E-state index is 11.2. The van der Waals surface area contributed by atoms with Gasteiger partial charge in [0.15, 0.2) is 0 Å². The van der Waals surface area contributed by atoms with Gasteiger partial charge in [0.25, 0.3) is 0 Å². The minimum atomic E-state index is -0.862. The lowest BCUT2D eigenvalue weighted by molar-refractivity contribution is -0.137. The van der Waals surface area contributed by atoms with Crippen molar-refractivity contribution in [1.82, 2.24) is 14.5 Å². The summed E-state index contributed by atoms with van der Waals surface area (Å²) in [6.45, 7) is 0.382. The van der Waals surface area contributed by atoms with Crippen molar-refractivity contribution in [2.24, 2.45) is 4.99 Å². The van der Waals surface area contributed by atoms with Gasteiger partial charge < -0.3 is 9.84 Å². The maximum Gasteiger partial charge on any atom is 0.303 e. The van der Waals surface area contributed by atoms with Crippen LogP contribution in [0.15, 0.2) is 58.3 Å². The Labute approximate surface area is 176 Å². The van der Waals surface area contributed by atoms with Gasteiger partial charge in [-0.25, -0.2) is 4.98 Å². The molecule has 0 aliphatic carbocycles. The van der Waals surface area contributed by atoms with Crippen LogP contribution in [0, 0.1) is 0 Å². The topological polar surface area (TPSA) is 89.6 Å². The summed E-state index contributed by atoms with van der Waals surface area (Å²) in [5, 5.41) is 9.23. The summed E-state index contributed by atoms with van der Waals surface area (Å²) in [7, 11) is 1.64. The second-order valence-corrected chi connectivity index (χ2v) is 7.59. The van der Waals surface area contributed by atoms with Crippen LogP contribution in [0.4, 0.5) is 0 Å². The molecule has 0 radical (unpaired) electrons. The normalized spacial score (nSPS) is 15.2. The first-order valence-corrected chi connectivity index (χ1v) is 9.94. The SMILES string of the molecule is COCc1cnc2n1-c1ccc(Br)cc1C(c1ccccn1)=N[C@H]2CCC(=O)O. The van der Waals surface area contributed by atoms with E-state index < -0.39 is 12.0 Å². The highest BCUT2D eigenvalue weighted by atomic mass is 79.9. The smallest absolute Gasteiger partial charge is 0.303 e. The van der Waals surface area contributed by atoms with Crippen LogP contribution in [0.1, 0.15) is 41.7 Å². The number of pyridine rings is 1. The number of ether oxygens (including phenoxy) is 1. The number of halogens is 1. The van der Waals surface area contributed by atoms with E-state index in [9.17, 15) is 9.90 Å². The third-order valence-corrected chi connectivity index (χ3v) is 5.22. The summed E-state index contributed by atoms with van der Waals surface area (Å²) in [5.74, 6) is -0.160. The number of aromatic nitrogens is 3. The molecule has 1 aliphatic rings. The molecular formula is C21H19BrN4O3. The summed E-state index contributed by atoms with van der Waals surface area (Å²) in [4.78, 5) is 25.3. The molecule has 0 saturated heterocycles. The van der Waals surface area contributed by atoms with Crippen LogP contribution in [0.5, 0.6) is 0 Å². The number of methoxy groups -OCH3 is 1. The van der Waals surface area contributed by atoms with Crippen LogP contribution in [-0.2, 0) is 16.1 Å². The predicted octanol–water partition coefficient (Wildman–Crippen LogP) is 3.93. The molecule has 0 spiro atoms. The molecule has 2 aromatic heterocycles. The predicted molar refractivity (Wildman–Crippen MR) is 111 cm³/mol. The van der Waals surface area contributed by atoms with Gasteiger partial charge in [0.2, 0.25) is 0 Å². The van der Waals surface area contributed by atoms with E-state index in [2.05, 4.69) is 25.9 Å². The van der Waals surface area contributed by atoms with E-state index in [0.717, 1.165) is 27.1 Å². The van der Waals surface area contributed by atoms with Gasteiger partial charge >= 0.3 is 5.97 Å². The Morgan fingerprint density at radius 2 is 2.14 bits per heavy atom. The standard InChI is InChI=1S/C21H19BrN4O3/c1-29-12-14-11-24-21-17(6-8-19(27)28)25-20(16-4-2-3-9-23-16)15-10-13(22)5-7-18(15)26(14)21/h2-5,7,9-11,17H,6,8,12H2,1H3,(H,27,28)/t17-/m0/s1. The first-order valence-electron chi connectivity index (χ1n) is 9.15. The van der Waals surface area contributed by atoms with Gasteiger partial charge in [0.1, 0.15) is 11.9 Å². The van der Waals surface area contributed by atoms with Crippen molar-refractivity contribution in [3.05, 3.63) is 76.0 Å². The van der Waals surface area contributed by atoms with Gasteiger partial charge in [-0.2, -0.15) is 0 Å². The summed E-state index contributed by atoms with van der Waals surface area (Å²) in [6.07, 6.45) is 3.82. The third kappa shape index (κ3) is 3.86. The number of carboxylic acid groups (broad SMARTS) is 1. The van der Waals surface area contributed by atoms with E-state index >= 15 is 0 Å². The number of hydrogen-bond acceptors (Lipinski definition) is 5. The number of nitrogens with zero attached hydrogens (tertiary/aromatic N) is 4. The number of aliphatic carboxylic acids is 1. The van der Waals surface area contributed by atoms with Crippen LogP contribution < -0.4 is 0 Å². The molecular weight excluding hydrogens is 436 g/mol. The fourth-order valence-corrected chi connectivity index (χ4v) is 3.86. The lowest BCUT2D eigenvalue weighted by atomic mass is 10.0. The Morgan fingerprint density at radius 3 is 2.86 bits per heavy atom. The highest BCUT2D eigenvalue weighted by molar-refractivity contribution is 9.10. The second-order valence-electron chi connectivity index (χ2n) is 6.68. The van der Waals surface area contributed by atoms with E-state index in [1.54, 1.807) is 19.5 Å². The average Bonchev–Trinajstić information content (AvgIpc) is 3.06. The lowest BCUT2D eigenvalue weighted by Gasteiger charge is -2.15. The molecule has 8 heteroatoms. The van der Waals surface area contributed by atoms with Gasteiger partial charge in [-0.1, -0.05) is 22.0 Å². The zero-order chi connectivity index (χ0) is 20.4. The van der Waals surface area contributed by atoms with Gasteiger partial charge in [0.05, 0.1) is 35.6 Å². The third-order valence-electron chi connectivity index (χ3n) is 4.73. The molecule has 7 nitrogen and oxygen atoms in total. The molecule has 0 bridgehead atoms. The van der Waals surface area contributed by atoms with Crippen molar-refractivity contribution in [2.45, 2.75) is 25.5 Å². The summed E-state index contributed by atoms with van der Waals surface area (Å²) < 4.78 is 8.30. The zero-order valence-electron chi connectivity index (χ0n) is 15.7. The Balaban J connectivity index is 1.97. The average molecular weight is 455 g/mol. The molecule has 148 valence electrons. The number of rotatable bonds is 6. The van der Waals surface area contributed by atoms with Crippen LogP contribution in [0.25, 0.3) is 5.69 Å². The number of benzene rings is 1. The van der Waals surface area contributed by atoms with Crippen LogP contribution in [0.3, 0.4) is 0 Å². The monoisotopic (exact) mass is 454 g/mol. The molecule has 1 aromatic carbocycles. The Bertz CT molecular complexity index is 1080. The van der Waals surface area contributed by atoms with E-state index in [-0.39, 0.29) is 6.42 Å². The Kier molecular flexibility index (Phi) is 5.55. The van der Waals surface area contributed by atoms with Crippen LogP contribution in [-0.4, -0.2) is 38.4 Å². The molecule has 1 atom stereocenters. The number of carboxylic acids is 1. The molecule has 0 saturated carbocycles. The minimum Gasteiger partial charge on any atom is -0.481 e. The summed E-state index contributed by atoms with van der Waals surface area (Å²) in [5.41, 5.74) is 4.13. The molecule has 3 aromatic rings. The van der Waals surface area contributed by atoms with E-state index in [0.29, 0.717) is 24.6 Å². The summed E-state index contributed by atoms with van der Waals surface area (Å²) in [6, 6.07) is 11.2. The van der Waals surface area contributed by atoms with Crippen molar-refractivity contribution in [2.75, 3.05) is 7.11 Å². The highest BCUT2D eigenvalue weighted by Gasteiger charge is 2.28. The van der Waals surface area contributed by atoms with Crippen molar-refractivity contribution < 1.29 is 14.6 Å². The van der Waals surface area contributed by atoms with Crippen molar-refractivity contribution in [1.29, 1.82) is 0 Å². The van der Waals surface area contributed by atoms with Gasteiger partial charge in [0, 0.05) is 29.8 Å². The molecule has 4 rings (SSSR count). The van der Waals surface area contributed by atoms with Gasteiger partial charge in [-0.05, 0) is 36.8 Å². The van der Waals surface area contributed by atoms with Crippen molar-refractivity contribution in [3.8, 4) is 5.69 Å². The zero-order valence-corrected chi connectivity index (χ0v) is 17.3. The van der Waals surface area contributed by atoms with Crippen LogP contribution >= 0.6 is 15.9 Å². The fraction of sp³-hybridized carbons (Fsp3) is 0.238. The number of hydrogen-bond donors (Lipinski definition) is 1. The number of aliphatic imine (C=N–C) groups is 1. The molecule has 1 N–H and O–H groups in total. The first kappa shape index (κ1) is 19.5. The fourth-order valence-electron chi connectivity index (χ4n) is 3.50. The molecule has 0 unspecified atom stereocenters. The van der Waals surface area contributed by atoms with E-state index in [4.69, 9.17) is 9.73 Å². The van der Waals surface area contributed by atoms with Crippen molar-refractivity contribution in [3.63, 3.8) is 0 Å². The second kappa shape index (κ2) is 8.26. The number of carbonyl (C=O) groups is 1. The molecule has 3 heterocycles. The molecule has 1 aliphatic heterocycles. The Morgan fingerprint density at radius 1 is 1.28 bits per heavy atom. The lowest BCUT2D eigenvalue weighted by Crippen LogP contribution is -2.10. The first-order chi connectivity index (χ1) is 14.1. The van der Waals surface area contributed by atoms with Gasteiger partial charge in [-0.3, -0.25) is 19.3 Å². The van der Waals surface area contributed by atoms with Gasteiger partial charge in [-0.15, -0.1) is 0 Å². The molecule has 0 amide bonds. The van der Waals surface area contributed by atoms with E-state index in [1.165, 1.54) is 0 Å².